The summed E-state index contributed by atoms with van der Waals surface area (Å²) in [6.45, 7) is 20.5. The summed E-state index contributed by atoms with van der Waals surface area (Å²) < 4.78 is 7.20. The van der Waals surface area contributed by atoms with Gasteiger partial charge in [0.05, 0.1) is 0 Å². The van der Waals surface area contributed by atoms with Gasteiger partial charge in [0.15, 0.2) is 6.10 Å². The van der Waals surface area contributed by atoms with Crippen molar-refractivity contribution in [2.75, 3.05) is 0 Å². The second kappa shape index (κ2) is 9.76. The van der Waals surface area contributed by atoms with E-state index in [4.69, 9.17) is 4.43 Å². The van der Waals surface area contributed by atoms with Crippen LogP contribution >= 0.6 is 0 Å². The fraction of sp³-hybridized carbons (Fsp3) is 0.407. The first kappa shape index (κ1) is 25.4. The highest BCUT2D eigenvalue weighted by atomic mass is 28.4. The highest BCUT2D eigenvalue weighted by Crippen LogP contribution is 2.37. The zero-order chi connectivity index (χ0) is 23.3. The number of rotatable bonds is 4. The van der Waals surface area contributed by atoms with Gasteiger partial charge in [0.2, 0.25) is 0 Å². The minimum absolute atomic E-state index is 0.0877. The molecule has 2 aromatic rings. The first-order valence-electron chi connectivity index (χ1n) is 11.1. The Balaban J connectivity index is 2.76. The standard InChI is InChI=1S/C27H38OSi3/c1-27(2,3)31(25-16-12-10-13-17-25,26-18-14-11-15-19-26)28-24(20-22-29(4,5)6)21-23-30(7,8)9/h10-19,24H,1-9H3. The van der Waals surface area contributed by atoms with E-state index < -0.39 is 24.5 Å². The molecular formula is C27H38OSi3. The van der Waals surface area contributed by atoms with E-state index in [1.807, 2.05) is 0 Å². The van der Waals surface area contributed by atoms with Crippen LogP contribution in [0.15, 0.2) is 60.7 Å². The van der Waals surface area contributed by atoms with Gasteiger partial charge in [-0.2, -0.15) is 0 Å². The summed E-state index contributed by atoms with van der Waals surface area (Å²) >= 11 is 0. The Labute approximate surface area is 193 Å². The number of hydrogen-bond donors (Lipinski definition) is 0. The average molecular weight is 463 g/mol. The zero-order valence-electron chi connectivity index (χ0n) is 20.8. The third-order valence-electron chi connectivity index (χ3n) is 4.87. The SMILES string of the molecule is CC(C)(C)[Si](OC(C#C[Si](C)(C)C)C#C[Si](C)(C)C)(c1ccccc1)c1ccccc1. The quantitative estimate of drug-likeness (QED) is 0.419. The maximum atomic E-state index is 7.20. The van der Waals surface area contributed by atoms with Crippen LogP contribution in [0, 0.1) is 22.9 Å². The lowest BCUT2D eigenvalue weighted by Gasteiger charge is -2.43. The molecule has 0 N–H and O–H groups in total. The molecule has 164 valence electrons. The van der Waals surface area contributed by atoms with Gasteiger partial charge in [0, 0.05) is 0 Å². The molecule has 2 aromatic carbocycles. The smallest absolute Gasteiger partial charge is 0.263 e. The average Bonchev–Trinajstić information content (AvgIpc) is 2.66. The third-order valence-corrected chi connectivity index (χ3v) is 11.7. The van der Waals surface area contributed by atoms with Gasteiger partial charge in [-0.15, -0.1) is 11.1 Å². The Morgan fingerprint density at radius 2 is 1.00 bits per heavy atom. The number of hydrogen-bond acceptors (Lipinski definition) is 1. The van der Waals surface area contributed by atoms with Crippen molar-refractivity contribution in [2.24, 2.45) is 0 Å². The molecule has 2 rings (SSSR count). The van der Waals surface area contributed by atoms with E-state index in [0.717, 1.165) is 0 Å². The van der Waals surface area contributed by atoms with Gasteiger partial charge in [0.25, 0.3) is 8.32 Å². The molecular weight excluding hydrogens is 425 g/mol. The van der Waals surface area contributed by atoms with Crippen molar-refractivity contribution in [3.8, 4) is 22.9 Å². The lowest BCUT2D eigenvalue weighted by atomic mass is 10.2. The summed E-state index contributed by atoms with van der Waals surface area (Å²) in [6.07, 6.45) is -0.384. The van der Waals surface area contributed by atoms with Crippen LogP contribution in [-0.4, -0.2) is 30.6 Å². The predicted octanol–water partition coefficient (Wildman–Crippen LogP) is 5.69. The van der Waals surface area contributed by atoms with E-state index in [1.165, 1.54) is 10.4 Å². The van der Waals surface area contributed by atoms with Gasteiger partial charge < -0.3 is 4.43 Å². The molecule has 0 saturated heterocycles. The summed E-state index contributed by atoms with van der Waals surface area (Å²) in [5, 5.41) is 2.45. The summed E-state index contributed by atoms with van der Waals surface area (Å²) in [5.74, 6) is 6.94. The van der Waals surface area contributed by atoms with Gasteiger partial charge in [-0.1, -0.05) is 133 Å². The summed E-state index contributed by atoms with van der Waals surface area (Å²) in [5.41, 5.74) is 7.07. The predicted molar refractivity (Wildman–Crippen MR) is 145 cm³/mol. The molecule has 0 atom stereocenters. The normalized spacial score (nSPS) is 12.6. The van der Waals surface area contributed by atoms with E-state index in [1.54, 1.807) is 0 Å². The monoisotopic (exact) mass is 462 g/mol. The van der Waals surface area contributed by atoms with Crippen LogP contribution < -0.4 is 10.4 Å². The Bertz CT molecular complexity index is 899. The Hall–Kier alpha value is -1.83. The largest absolute Gasteiger partial charge is 0.384 e. The van der Waals surface area contributed by atoms with Crippen molar-refractivity contribution in [1.82, 2.24) is 0 Å². The van der Waals surface area contributed by atoms with Crippen molar-refractivity contribution < 1.29 is 4.43 Å². The summed E-state index contributed by atoms with van der Waals surface area (Å²) in [6, 6.07) is 21.5. The molecule has 0 aliphatic heterocycles. The minimum Gasteiger partial charge on any atom is -0.384 e. The van der Waals surface area contributed by atoms with Crippen LogP contribution in [-0.2, 0) is 4.43 Å². The Morgan fingerprint density at radius 1 is 0.645 bits per heavy atom. The lowest BCUT2D eigenvalue weighted by molar-refractivity contribution is 0.293. The fourth-order valence-electron chi connectivity index (χ4n) is 3.53. The molecule has 0 bridgehead atoms. The summed E-state index contributed by atoms with van der Waals surface area (Å²) in [4.78, 5) is 0. The van der Waals surface area contributed by atoms with Crippen LogP contribution in [0.5, 0.6) is 0 Å². The molecule has 0 radical (unpaired) electrons. The van der Waals surface area contributed by atoms with E-state index in [9.17, 15) is 0 Å². The minimum atomic E-state index is -2.68. The molecule has 0 unspecified atom stereocenters. The van der Waals surface area contributed by atoms with E-state index in [2.05, 4.69) is 144 Å². The second-order valence-electron chi connectivity index (χ2n) is 11.2. The number of benzene rings is 2. The van der Waals surface area contributed by atoms with Crippen molar-refractivity contribution >= 4 is 34.8 Å². The van der Waals surface area contributed by atoms with Crippen molar-refractivity contribution in [3.05, 3.63) is 60.7 Å². The van der Waals surface area contributed by atoms with E-state index >= 15 is 0 Å². The van der Waals surface area contributed by atoms with Gasteiger partial charge >= 0.3 is 0 Å². The lowest BCUT2D eigenvalue weighted by Crippen LogP contribution is -2.67. The van der Waals surface area contributed by atoms with Crippen LogP contribution in [0.25, 0.3) is 0 Å². The maximum absolute atomic E-state index is 7.20. The highest BCUT2D eigenvalue weighted by molar-refractivity contribution is 6.99. The molecule has 1 nitrogen and oxygen atoms in total. The van der Waals surface area contributed by atoms with E-state index in [-0.39, 0.29) is 11.1 Å². The first-order valence-corrected chi connectivity index (χ1v) is 20.0. The molecule has 0 aliphatic carbocycles. The highest BCUT2D eigenvalue weighted by Gasteiger charge is 2.51. The molecule has 0 aliphatic rings. The van der Waals surface area contributed by atoms with Crippen molar-refractivity contribution in [3.63, 3.8) is 0 Å². The third kappa shape index (κ3) is 7.09. The van der Waals surface area contributed by atoms with Gasteiger partial charge in [-0.25, -0.2) is 0 Å². The van der Waals surface area contributed by atoms with Gasteiger partial charge in [-0.05, 0) is 15.4 Å². The molecule has 31 heavy (non-hydrogen) atoms. The zero-order valence-corrected chi connectivity index (χ0v) is 23.8. The second-order valence-corrected chi connectivity index (χ2v) is 25.0. The Kier molecular flexibility index (Phi) is 8.00. The molecule has 0 heterocycles. The summed E-state index contributed by atoms with van der Waals surface area (Å²) in [7, 11) is -5.79. The molecule has 0 spiro atoms. The fourth-order valence-corrected chi connectivity index (χ4v) is 9.14. The molecule has 0 amide bonds. The Morgan fingerprint density at radius 3 is 1.29 bits per heavy atom. The van der Waals surface area contributed by atoms with Crippen LogP contribution in [0.4, 0.5) is 0 Å². The van der Waals surface area contributed by atoms with Crippen LogP contribution in [0.1, 0.15) is 20.8 Å². The maximum Gasteiger partial charge on any atom is 0.263 e. The first-order chi connectivity index (χ1) is 14.2. The molecule has 0 fully saturated rings. The van der Waals surface area contributed by atoms with Gasteiger partial charge in [-0.3, -0.25) is 0 Å². The van der Waals surface area contributed by atoms with Crippen LogP contribution in [0.3, 0.4) is 0 Å². The topological polar surface area (TPSA) is 9.23 Å². The van der Waals surface area contributed by atoms with Crippen molar-refractivity contribution in [1.29, 1.82) is 0 Å². The molecule has 4 heteroatoms. The van der Waals surface area contributed by atoms with Gasteiger partial charge in [0.1, 0.15) is 16.1 Å². The van der Waals surface area contributed by atoms with E-state index in [0.29, 0.717) is 0 Å². The molecule has 0 aromatic heterocycles. The molecule has 0 saturated carbocycles. The van der Waals surface area contributed by atoms with Crippen LogP contribution in [0.2, 0.25) is 44.3 Å². The van der Waals surface area contributed by atoms with Crippen molar-refractivity contribution in [2.45, 2.75) is 71.2 Å².